The number of hydrogen-bond acceptors (Lipinski definition) is 6. The highest BCUT2D eigenvalue weighted by Crippen LogP contribution is 2.25. The summed E-state index contributed by atoms with van der Waals surface area (Å²) in [5.41, 5.74) is 1.81. The molecule has 5 aromatic rings. The Hall–Kier alpha value is -4.76. The molecule has 5 rings (SSSR count). The van der Waals surface area contributed by atoms with Crippen molar-refractivity contribution in [3.05, 3.63) is 123 Å². The molecule has 40 heavy (non-hydrogen) atoms. The lowest BCUT2D eigenvalue weighted by Gasteiger charge is -2.09. The fourth-order valence-corrected chi connectivity index (χ4v) is 5.27. The fourth-order valence-electron chi connectivity index (χ4n) is 4.23. The summed E-state index contributed by atoms with van der Waals surface area (Å²) in [7, 11) is 0. The normalized spacial score (nSPS) is 10.8. The van der Waals surface area contributed by atoms with Crippen molar-refractivity contribution in [2.75, 3.05) is 11.9 Å². The maximum Gasteiger partial charge on any atom is 0.270 e. The number of benzene rings is 3. The van der Waals surface area contributed by atoms with Crippen molar-refractivity contribution in [1.29, 1.82) is 0 Å². The Morgan fingerprint density at radius 1 is 0.875 bits per heavy atom. The summed E-state index contributed by atoms with van der Waals surface area (Å²) in [6, 6.07) is 27.5. The van der Waals surface area contributed by atoms with Gasteiger partial charge in [0.25, 0.3) is 17.4 Å². The number of aromatic nitrogens is 2. The van der Waals surface area contributed by atoms with Gasteiger partial charge in [-0.25, -0.2) is 9.38 Å². The first-order chi connectivity index (χ1) is 19.5. The molecule has 0 spiro atoms. The molecule has 0 aliphatic rings. The fraction of sp³-hybridized carbons (Fsp3) is 0.161. The van der Waals surface area contributed by atoms with Gasteiger partial charge >= 0.3 is 0 Å². The molecule has 0 atom stereocenters. The summed E-state index contributed by atoms with van der Waals surface area (Å²) in [5, 5.41) is 5.71. The second-order valence-electron chi connectivity index (χ2n) is 9.12. The summed E-state index contributed by atoms with van der Waals surface area (Å²) in [6.07, 6.45) is 2.06. The number of anilines is 1. The molecular formula is C31H28N4O4S. The Morgan fingerprint density at radius 3 is 2.25 bits per heavy atom. The third kappa shape index (κ3) is 6.27. The van der Waals surface area contributed by atoms with E-state index in [0.717, 1.165) is 23.3 Å². The minimum atomic E-state index is -0.508. The predicted molar refractivity (Wildman–Crippen MR) is 157 cm³/mol. The van der Waals surface area contributed by atoms with Crippen LogP contribution >= 0.6 is 11.3 Å². The molecule has 0 radical (unpaired) electrons. The first kappa shape index (κ1) is 26.8. The van der Waals surface area contributed by atoms with Crippen molar-refractivity contribution in [1.82, 2.24) is 14.7 Å². The molecule has 9 heteroatoms. The molecule has 0 fully saturated rings. The quantitative estimate of drug-likeness (QED) is 0.231. The van der Waals surface area contributed by atoms with Gasteiger partial charge in [-0.3, -0.25) is 14.4 Å². The number of nitrogens with one attached hydrogen (secondary N) is 2. The molecule has 2 aromatic heterocycles. The van der Waals surface area contributed by atoms with Crippen molar-refractivity contribution in [2.45, 2.75) is 26.2 Å². The summed E-state index contributed by atoms with van der Waals surface area (Å²) in [5.74, 6) is 0.305. The van der Waals surface area contributed by atoms with E-state index in [9.17, 15) is 14.4 Å². The number of ether oxygens (including phenoxy) is 1. The SMILES string of the molecule is CCCc1cc(=O)n2c(C(=O)NCCc3ccccc3)c(C(=O)Nc3ccc(Oc4ccccc4)cc3)sc2n1. The minimum Gasteiger partial charge on any atom is -0.457 e. The number of carbonyl (C=O) groups is 2. The van der Waals surface area contributed by atoms with E-state index in [1.54, 1.807) is 24.3 Å². The molecular weight excluding hydrogens is 524 g/mol. The van der Waals surface area contributed by atoms with Gasteiger partial charge in [0.1, 0.15) is 22.1 Å². The predicted octanol–water partition coefficient (Wildman–Crippen LogP) is 5.73. The van der Waals surface area contributed by atoms with Gasteiger partial charge in [-0.15, -0.1) is 0 Å². The number of hydrogen-bond donors (Lipinski definition) is 2. The number of para-hydroxylation sites is 1. The van der Waals surface area contributed by atoms with Crippen LogP contribution in [0.2, 0.25) is 0 Å². The maximum absolute atomic E-state index is 13.4. The molecule has 2 amide bonds. The van der Waals surface area contributed by atoms with Gasteiger partial charge in [0.2, 0.25) is 0 Å². The molecule has 0 aliphatic carbocycles. The van der Waals surface area contributed by atoms with Gasteiger partial charge in [-0.05, 0) is 54.8 Å². The highest BCUT2D eigenvalue weighted by Gasteiger charge is 2.26. The molecule has 0 aliphatic heterocycles. The van der Waals surface area contributed by atoms with Crippen LogP contribution in [0.25, 0.3) is 4.96 Å². The Kier molecular flexibility index (Phi) is 8.32. The second kappa shape index (κ2) is 12.4. The van der Waals surface area contributed by atoms with Gasteiger partial charge in [0.05, 0.1) is 0 Å². The third-order valence-electron chi connectivity index (χ3n) is 6.13. The van der Waals surface area contributed by atoms with E-state index < -0.39 is 11.8 Å². The summed E-state index contributed by atoms with van der Waals surface area (Å²) in [4.78, 5) is 44.9. The number of nitrogens with zero attached hydrogens (tertiary/aromatic N) is 2. The maximum atomic E-state index is 13.4. The first-order valence-corrected chi connectivity index (χ1v) is 13.9. The van der Waals surface area contributed by atoms with Crippen LogP contribution in [0, 0.1) is 0 Å². The third-order valence-corrected chi connectivity index (χ3v) is 7.17. The van der Waals surface area contributed by atoms with Crippen molar-refractivity contribution in [3.63, 3.8) is 0 Å². The topological polar surface area (TPSA) is 102 Å². The van der Waals surface area contributed by atoms with Crippen LogP contribution in [-0.2, 0) is 12.8 Å². The number of rotatable bonds is 10. The number of thiazole rings is 1. The lowest BCUT2D eigenvalue weighted by Crippen LogP contribution is -2.31. The molecule has 0 unspecified atom stereocenters. The molecule has 8 nitrogen and oxygen atoms in total. The number of aryl methyl sites for hydroxylation is 1. The summed E-state index contributed by atoms with van der Waals surface area (Å²) >= 11 is 1.02. The number of amides is 2. The molecule has 0 saturated heterocycles. The standard InChI is InChI=1S/C31H28N4O4S/c1-2-9-23-20-26(36)35-27(29(37)32-19-18-21-10-5-3-6-11-21)28(40-31(35)34-23)30(38)33-22-14-16-25(17-15-22)39-24-12-7-4-8-13-24/h3-8,10-17,20H,2,9,18-19H2,1H3,(H,32,37)(H,33,38). The van der Waals surface area contributed by atoms with Gasteiger partial charge in [0, 0.05) is 24.0 Å². The minimum absolute atomic E-state index is 0.0184. The summed E-state index contributed by atoms with van der Waals surface area (Å²) in [6.45, 7) is 2.35. The average molecular weight is 553 g/mol. The van der Waals surface area contributed by atoms with Crippen LogP contribution in [0.4, 0.5) is 5.69 Å². The molecule has 2 N–H and O–H groups in total. The first-order valence-electron chi connectivity index (χ1n) is 13.0. The van der Waals surface area contributed by atoms with E-state index in [1.807, 2.05) is 67.6 Å². The van der Waals surface area contributed by atoms with E-state index in [1.165, 1.54) is 10.5 Å². The van der Waals surface area contributed by atoms with Crippen molar-refractivity contribution in [3.8, 4) is 11.5 Å². The van der Waals surface area contributed by atoms with Gasteiger partial charge in [-0.2, -0.15) is 0 Å². The van der Waals surface area contributed by atoms with Crippen molar-refractivity contribution in [2.24, 2.45) is 0 Å². The van der Waals surface area contributed by atoms with Crippen molar-refractivity contribution >= 4 is 33.8 Å². The van der Waals surface area contributed by atoms with Crippen LogP contribution in [-0.4, -0.2) is 27.7 Å². The van der Waals surface area contributed by atoms with E-state index >= 15 is 0 Å². The zero-order valence-electron chi connectivity index (χ0n) is 21.9. The lowest BCUT2D eigenvalue weighted by atomic mass is 10.1. The molecule has 0 bridgehead atoms. The molecule has 2 heterocycles. The van der Waals surface area contributed by atoms with Gasteiger partial charge in [0.15, 0.2) is 4.96 Å². The molecule has 202 valence electrons. The van der Waals surface area contributed by atoms with E-state index in [-0.39, 0.29) is 16.1 Å². The highest BCUT2D eigenvalue weighted by molar-refractivity contribution is 7.19. The Labute approximate surface area is 235 Å². The highest BCUT2D eigenvalue weighted by atomic mass is 32.1. The Balaban J connectivity index is 1.40. The lowest BCUT2D eigenvalue weighted by molar-refractivity contribution is 0.0936. The van der Waals surface area contributed by atoms with Crippen LogP contribution in [0.1, 0.15) is 44.8 Å². The number of fused-ring (bicyclic) bond motifs is 1. The van der Waals surface area contributed by atoms with E-state index in [4.69, 9.17) is 4.74 Å². The Morgan fingerprint density at radius 2 is 1.55 bits per heavy atom. The zero-order valence-corrected chi connectivity index (χ0v) is 22.7. The molecule has 3 aromatic carbocycles. The van der Waals surface area contributed by atoms with Gasteiger partial charge < -0.3 is 15.4 Å². The average Bonchev–Trinajstić information content (AvgIpc) is 3.36. The smallest absolute Gasteiger partial charge is 0.270 e. The second-order valence-corrected chi connectivity index (χ2v) is 10.1. The monoisotopic (exact) mass is 552 g/mol. The largest absolute Gasteiger partial charge is 0.457 e. The van der Waals surface area contributed by atoms with Crippen molar-refractivity contribution < 1.29 is 14.3 Å². The van der Waals surface area contributed by atoms with E-state index in [0.29, 0.717) is 47.2 Å². The van der Waals surface area contributed by atoms with Crippen LogP contribution in [0.15, 0.2) is 95.8 Å². The zero-order chi connectivity index (χ0) is 27.9. The van der Waals surface area contributed by atoms with Crippen LogP contribution in [0.3, 0.4) is 0 Å². The van der Waals surface area contributed by atoms with Gasteiger partial charge in [-0.1, -0.05) is 73.2 Å². The summed E-state index contributed by atoms with van der Waals surface area (Å²) < 4.78 is 7.05. The number of carbonyl (C=O) groups excluding carboxylic acids is 2. The Bertz CT molecular complexity index is 1680. The van der Waals surface area contributed by atoms with E-state index in [2.05, 4.69) is 15.6 Å². The van der Waals surface area contributed by atoms with Crippen LogP contribution < -0.4 is 20.9 Å². The molecule has 0 saturated carbocycles. The van der Waals surface area contributed by atoms with Crippen LogP contribution in [0.5, 0.6) is 11.5 Å².